The van der Waals surface area contributed by atoms with Crippen LogP contribution in [0.2, 0.25) is 0 Å². The Bertz CT molecular complexity index is 910. The van der Waals surface area contributed by atoms with Crippen molar-refractivity contribution in [2.24, 2.45) is 0 Å². The molecular weight excluding hydrogens is 318 g/mol. The average molecular weight is 335 g/mol. The molecule has 0 saturated carbocycles. The third-order valence-electron chi connectivity index (χ3n) is 3.39. The number of hydrogen-bond donors (Lipinski definition) is 1. The van der Waals surface area contributed by atoms with Crippen molar-refractivity contribution in [1.82, 2.24) is 9.55 Å². The first kappa shape index (κ1) is 15.1. The van der Waals surface area contributed by atoms with Gasteiger partial charge in [0.15, 0.2) is 0 Å². The molecule has 1 aromatic carbocycles. The van der Waals surface area contributed by atoms with Gasteiger partial charge in [-0.2, -0.15) is 0 Å². The Kier molecular flexibility index (Phi) is 3.70. The zero-order valence-corrected chi connectivity index (χ0v) is 14.2. The zero-order valence-electron chi connectivity index (χ0n) is 12.6. The van der Waals surface area contributed by atoms with E-state index in [-0.39, 0.29) is 0 Å². The van der Waals surface area contributed by atoms with E-state index >= 15 is 0 Å². The molecule has 1 N–H and O–H groups in total. The summed E-state index contributed by atoms with van der Waals surface area (Å²) in [5.74, 6) is 0.920. The van der Waals surface area contributed by atoms with Gasteiger partial charge in [-0.1, -0.05) is 6.07 Å². The molecule has 0 bridgehead atoms. The molecule has 0 aliphatic rings. The number of nitrogens with zero attached hydrogens (tertiary/aromatic N) is 2. The van der Waals surface area contributed by atoms with Gasteiger partial charge in [0.05, 0.1) is 16.7 Å². The molecular formula is C15H17N3O2S2. The van der Waals surface area contributed by atoms with Crippen molar-refractivity contribution in [2.75, 3.05) is 4.72 Å². The van der Waals surface area contributed by atoms with Crippen molar-refractivity contribution in [3.05, 3.63) is 41.5 Å². The van der Waals surface area contributed by atoms with E-state index in [1.54, 1.807) is 29.6 Å². The van der Waals surface area contributed by atoms with Gasteiger partial charge in [-0.3, -0.25) is 4.72 Å². The van der Waals surface area contributed by atoms with E-state index in [9.17, 15) is 8.42 Å². The molecule has 0 atom stereocenters. The van der Waals surface area contributed by atoms with Crippen molar-refractivity contribution in [1.29, 1.82) is 0 Å². The summed E-state index contributed by atoms with van der Waals surface area (Å²) in [6, 6.07) is 9.06. The number of hydrogen-bond acceptors (Lipinski definition) is 4. The van der Waals surface area contributed by atoms with Crippen LogP contribution in [0.25, 0.3) is 11.0 Å². The Morgan fingerprint density at radius 3 is 2.68 bits per heavy atom. The normalized spacial score (nSPS) is 12.2. The maximum Gasteiger partial charge on any atom is 0.271 e. The van der Waals surface area contributed by atoms with Crippen molar-refractivity contribution in [3.8, 4) is 0 Å². The third-order valence-corrected chi connectivity index (χ3v) is 6.17. The fourth-order valence-electron chi connectivity index (χ4n) is 2.56. The second-order valence-electron chi connectivity index (χ2n) is 5.36. The number of aromatic nitrogens is 2. The summed E-state index contributed by atoms with van der Waals surface area (Å²) in [6.07, 6.45) is 0. The summed E-state index contributed by atoms with van der Waals surface area (Å²) in [5.41, 5.74) is 2.32. The first-order valence-corrected chi connectivity index (χ1v) is 9.29. The van der Waals surface area contributed by atoms with E-state index < -0.39 is 10.0 Å². The fourth-order valence-corrected chi connectivity index (χ4v) is 4.60. The van der Waals surface area contributed by atoms with Gasteiger partial charge in [-0.15, -0.1) is 11.3 Å². The topological polar surface area (TPSA) is 64.0 Å². The molecule has 0 amide bonds. The number of anilines is 1. The summed E-state index contributed by atoms with van der Waals surface area (Å²) in [5, 5.41) is 1.74. The van der Waals surface area contributed by atoms with E-state index in [0.717, 1.165) is 16.9 Å². The van der Waals surface area contributed by atoms with Gasteiger partial charge in [0.2, 0.25) is 0 Å². The summed E-state index contributed by atoms with van der Waals surface area (Å²) >= 11 is 1.19. The van der Waals surface area contributed by atoms with Crippen LogP contribution in [0.5, 0.6) is 0 Å². The molecule has 3 aromatic rings. The molecule has 0 fully saturated rings. The van der Waals surface area contributed by atoms with Crippen LogP contribution < -0.4 is 4.72 Å². The molecule has 0 radical (unpaired) electrons. The lowest BCUT2D eigenvalue weighted by Gasteiger charge is -2.11. The third kappa shape index (κ3) is 2.62. The Balaban J connectivity index is 2.00. The molecule has 22 heavy (non-hydrogen) atoms. The van der Waals surface area contributed by atoms with Crippen molar-refractivity contribution >= 4 is 38.1 Å². The molecule has 116 valence electrons. The SMILES string of the molecule is Cc1nc2cc(NS(=O)(=O)c3cccs3)ccc2n1C(C)C. The molecule has 2 aromatic heterocycles. The number of sulfonamides is 1. The number of thiophene rings is 1. The van der Waals surface area contributed by atoms with Crippen LogP contribution in [0.1, 0.15) is 25.7 Å². The van der Waals surface area contributed by atoms with E-state index in [4.69, 9.17) is 0 Å². The van der Waals surface area contributed by atoms with Crippen LogP contribution in [0, 0.1) is 6.92 Å². The highest BCUT2D eigenvalue weighted by molar-refractivity contribution is 7.94. The van der Waals surface area contributed by atoms with Gasteiger partial charge < -0.3 is 4.57 Å². The number of rotatable bonds is 4. The standard InChI is InChI=1S/C15H17N3O2S2/c1-10(2)18-11(3)16-13-9-12(6-7-14(13)18)17-22(19,20)15-5-4-8-21-15/h4-10,17H,1-3H3. The van der Waals surface area contributed by atoms with Gasteiger partial charge >= 0.3 is 0 Å². The first-order chi connectivity index (χ1) is 10.4. The largest absolute Gasteiger partial charge is 0.326 e. The van der Waals surface area contributed by atoms with E-state index in [0.29, 0.717) is 15.9 Å². The molecule has 0 spiro atoms. The minimum atomic E-state index is -3.52. The molecule has 0 aliphatic carbocycles. The molecule has 5 nitrogen and oxygen atoms in total. The lowest BCUT2D eigenvalue weighted by molar-refractivity contribution is 0.599. The lowest BCUT2D eigenvalue weighted by Crippen LogP contribution is -2.11. The van der Waals surface area contributed by atoms with Crippen LogP contribution in [0.3, 0.4) is 0 Å². The predicted octanol–water partition coefficient (Wildman–Crippen LogP) is 3.79. The van der Waals surface area contributed by atoms with Crippen LogP contribution in [0.4, 0.5) is 5.69 Å². The summed E-state index contributed by atoms with van der Waals surface area (Å²) in [4.78, 5) is 4.52. The quantitative estimate of drug-likeness (QED) is 0.789. The van der Waals surface area contributed by atoms with E-state index in [1.807, 2.05) is 13.0 Å². The van der Waals surface area contributed by atoms with Crippen molar-refractivity contribution < 1.29 is 8.42 Å². The Hall–Kier alpha value is -1.86. The lowest BCUT2D eigenvalue weighted by atomic mass is 10.2. The summed E-state index contributed by atoms with van der Waals surface area (Å²) < 4.78 is 29.5. The van der Waals surface area contributed by atoms with Crippen molar-refractivity contribution in [2.45, 2.75) is 31.0 Å². The minimum absolute atomic E-state index is 0.302. The van der Waals surface area contributed by atoms with Crippen LogP contribution in [0.15, 0.2) is 39.9 Å². The maximum absolute atomic E-state index is 12.3. The van der Waals surface area contributed by atoms with Gasteiger partial charge in [-0.25, -0.2) is 13.4 Å². The molecule has 0 aliphatic heterocycles. The van der Waals surface area contributed by atoms with Crippen LogP contribution in [-0.2, 0) is 10.0 Å². The van der Waals surface area contributed by atoms with Gasteiger partial charge in [0, 0.05) is 6.04 Å². The molecule has 2 heterocycles. The first-order valence-electron chi connectivity index (χ1n) is 6.93. The average Bonchev–Trinajstić information content (AvgIpc) is 3.03. The second kappa shape index (κ2) is 5.40. The molecule has 3 rings (SSSR count). The highest BCUT2D eigenvalue weighted by Crippen LogP contribution is 2.26. The molecule has 0 unspecified atom stereocenters. The highest BCUT2D eigenvalue weighted by Gasteiger charge is 2.16. The Labute approximate surface area is 133 Å². The summed E-state index contributed by atoms with van der Waals surface area (Å²) in [7, 11) is -3.52. The Morgan fingerprint density at radius 1 is 1.27 bits per heavy atom. The Morgan fingerprint density at radius 2 is 2.05 bits per heavy atom. The number of fused-ring (bicyclic) bond motifs is 1. The van der Waals surface area contributed by atoms with Crippen LogP contribution >= 0.6 is 11.3 Å². The fraction of sp³-hybridized carbons (Fsp3) is 0.267. The predicted molar refractivity (Wildman–Crippen MR) is 90.0 cm³/mol. The smallest absolute Gasteiger partial charge is 0.271 e. The van der Waals surface area contributed by atoms with Gasteiger partial charge in [-0.05, 0) is 50.4 Å². The summed E-state index contributed by atoms with van der Waals surface area (Å²) in [6.45, 7) is 6.15. The number of benzene rings is 1. The van der Waals surface area contributed by atoms with Gasteiger partial charge in [0.1, 0.15) is 10.0 Å². The minimum Gasteiger partial charge on any atom is -0.326 e. The molecule has 0 saturated heterocycles. The maximum atomic E-state index is 12.3. The number of imidazole rings is 1. The van der Waals surface area contributed by atoms with E-state index in [1.165, 1.54) is 11.3 Å². The molecule has 7 heteroatoms. The zero-order chi connectivity index (χ0) is 15.9. The monoisotopic (exact) mass is 335 g/mol. The number of aryl methyl sites for hydroxylation is 1. The van der Waals surface area contributed by atoms with Crippen LogP contribution in [-0.4, -0.2) is 18.0 Å². The second-order valence-corrected chi connectivity index (χ2v) is 8.22. The van der Waals surface area contributed by atoms with Crippen molar-refractivity contribution in [3.63, 3.8) is 0 Å². The van der Waals surface area contributed by atoms with E-state index in [2.05, 4.69) is 28.1 Å². The number of nitrogens with one attached hydrogen (secondary N) is 1. The highest BCUT2D eigenvalue weighted by atomic mass is 32.2. The van der Waals surface area contributed by atoms with Gasteiger partial charge in [0.25, 0.3) is 10.0 Å².